The lowest BCUT2D eigenvalue weighted by atomic mass is 9.64. The van der Waals surface area contributed by atoms with Crippen molar-refractivity contribution in [2.24, 2.45) is 0 Å². The third-order valence-electron chi connectivity index (χ3n) is 15.7. The smallest absolute Gasteiger partial charge is 0.131 e. The van der Waals surface area contributed by atoms with Crippen LogP contribution >= 0.6 is 0 Å². The molecule has 0 radical (unpaired) electrons. The van der Waals surface area contributed by atoms with Crippen molar-refractivity contribution in [2.75, 3.05) is 0 Å². The standard InChI is InChI=1S/C66H54O4/c1-5-39-21-17-33-53-57(39)61(43-25-9-13-29-49(43)67-53)47-37-38-48(62-44-26-10-14-30-50(44)68-54-34-18-22-40(6-2)58(54)62)66(64-46-28-12-16-32-52(46)70-56-36-20-24-42(8-4)60(56)64)65(47)63-45-27-11-15-31-51(45)69-55-35-19-23-41(7-3)59(55)63/h9-38,61-64H,5-8H2,1-4H3. The number of hydrogen-bond acceptors (Lipinski definition) is 4. The Morgan fingerprint density at radius 1 is 0.229 bits per heavy atom. The molecule has 4 atom stereocenters. The number of ether oxygens (including phenoxy) is 4. The quantitative estimate of drug-likeness (QED) is 0.152. The van der Waals surface area contributed by atoms with Crippen molar-refractivity contribution in [1.29, 1.82) is 0 Å². The molecule has 4 heteroatoms. The number of fused-ring (bicyclic) bond motifs is 8. The molecule has 70 heavy (non-hydrogen) atoms. The van der Waals surface area contributed by atoms with E-state index in [9.17, 15) is 0 Å². The fraction of sp³-hybridized carbons (Fsp3) is 0.182. The van der Waals surface area contributed by atoms with Gasteiger partial charge in [-0.05, 0) is 119 Å². The molecule has 342 valence electrons. The van der Waals surface area contributed by atoms with Gasteiger partial charge in [0.05, 0.1) is 0 Å². The van der Waals surface area contributed by atoms with E-state index in [1.165, 1.54) is 66.8 Å². The van der Waals surface area contributed by atoms with Crippen LogP contribution in [0.1, 0.15) is 140 Å². The number of benzene rings is 9. The van der Waals surface area contributed by atoms with Gasteiger partial charge in [-0.1, -0.05) is 161 Å². The molecule has 4 aliphatic heterocycles. The highest BCUT2D eigenvalue weighted by Gasteiger charge is 2.45. The highest BCUT2D eigenvalue weighted by molar-refractivity contribution is 5.74. The summed E-state index contributed by atoms with van der Waals surface area (Å²) in [5, 5.41) is 0. The maximum absolute atomic E-state index is 7.05. The fourth-order valence-electron chi connectivity index (χ4n) is 12.7. The Morgan fingerprint density at radius 3 is 0.757 bits per heavy atom. The van der Waals surface area contributed by atoms with Crippen LogP contribution in [0.3, 0.4) is 0 Å². The molecule has 0 saturated carbocycles. The zero-order valence-electron chi connectivity index (χ0n) is 40.1. The lowest BCUT2D eigenvalue weighted by Crippen LogP contribution is -2.26. The largest absolute Gasteiger partial charge is 0.457 e. The number of aryl methyl sites for hydroxylation is 4. The van der Waals surface area contributed by atoms with Crippen LogP contribution in [0.15, 0.2) is 182 Å². The molecular weight excluding hydrogens is 857 g/mol. The maximum Gasteiger partial charge on any atom is 0.131 e. The molecule has 4 nitrogen and oxygen atoms in total. The Bertz CT molecular complexity index is 3310. The summed E-state index contributed by atoms with van der Waals surface area (Å²) in [6.07, 6.45) is 3.43. The molecular formula is C66H54O4. The Labute approximate surface area is 411 Å². The first kappa shape index (κ1) is 42.3. The number of para-hydroxylation sites is 4. The van der Waals surface area contributed by atoms with E-state index in [-0.39, 0.29) is 23.7 Å². The van der Waals surface area contributed by atoms with Crippen LogP contribution < -0.4 is 18.9 Å². The molecule has 4 unspecified atom stereocenters. The number of hydrogen-bond donors (Lipinski definition) is 0. The SMILES string of the molecule is CCc1cccc2c1C(c1ccc(C3c4ccccc4Oc4cccc(CC)c43)c(C3c4ccccc4Oc4cccc(CC)c43)c1C1c3ccccc3Oc3cccc(CC)c31)c1ccccc1O2. The summed E-state index contributed by atoms with van der Waals surface area (Å²) >= 11 is 0. The summed E-state index contributed by atoms with van der Waals surface area (Å²) < 4.78 is 28.0. The van der Waals surface area contributed by atoms with Crippen LogP contribution in [0.25, 0.3) is 0 Å². The van der Waals surface area contributed by atoms with Gasteiger partial charge in [0.15, 0.2) is 0 Å². The van der Waals surface area contributed by atoms with Crippen molar-refractivity contribution in [2.45, 2.75) is 77.0 Å². The first-order valence-corrected chi connectivity index (χ1v) is 25.3. The molecule has 0 amide bonds. The second-order valence-corrected chi connectivity index (χ2v) is 19.1. The van der Waals surface area contributed by atoms with Crippen LogP contribution in [0.5, 0.6) is 46.0 Å². The summed E-state index contributed by atoms with van der Waals surface area (Å²) in [5.41, 5.74) is 19.8. The fourth-order valence-corrected chi connectivity index (χ4v) is 12.7. The Kier molecular flexibility index (Phi) is 10.3. The van der Waals surface area contributed by atoms with Crippen molar-refractivity contribution in [1.82, 2.24) is 0 Å². The van der Waals surface area contributed by atoms with E-state index in [2.05, 4.69) is 210 Å². The van der Waals surface area contributed by atoms with E-state index in [1.54, 1.807) is 0 Å². The third kappa shape index (κ3) is 6.42. The van der Waals surface area contributed by atoms with Crippen molar-refractivity contribution in [3.05, 3.63) is 271 Å². The molecule has 0 fully saturated rings. The van der Waals surface area contributed by atoms with E-state index >= 15 is 0 Å². The van der Waals surface area contributed by atoms with E-state index in [0.717, 1.165) is 93.9 Å². The monoisotopic (exact) mass is 910 g/mol. The van der Waals surface area contributed by atoms with Crippen molar-refractivity contribution < 1.29 is 18.9 Å². The predicted molar refractivity (Wildman–Crippen MR) is 280 cm³/mol. The van der Waals surface area contributed by atoms with Gasteiger partial charge in [-0.3, -0.25) is 0 Å². The molecule has 4 heterocycles. The van der Waals surface area contributed by atoms with E-state index in [4.69, 9.17) is 18.9 Å². The van der Waals surface area contributed by atoms with Gasteiger partial charge in [0.1, 0.15) is 46.0 Å². The second-order valence-electron chi connectivity index (χ2n) is 19.1. The Hall–Kier alpha value is -7.82. The molecule has 9 aromatic carbocycles. The minimum atomic E-state index is -0.225. The van der Waals surface area contributed by atoms with Crippen LogP contribution in [-0.2, 0) is 25.7 Å². The topological polar surface area (TPSA) is 36.9 Å². The summed E-state index contributed by atoms with van der Waals surface area (Å²) in [4.78, 5) is 0. The molecule has 0 aromatic heterocycles. The molecule has 0 aliphatic carbocycles. The lowest BCUT2D eigenvalue weighted by molar-refractivity contribution is 0.443. The Balaban J connectivity index is 1.28. The predicted octanol–water partition coefficient (Wildman–Crippen LogP) is 17.1. The zero-order chi connectivity index (χ0) is 47.0. The second kappa shape index (κ2) is 17.0. The van der Waals surface area contributed by atoms with Gasteiger partial charge in [-0.15, -0.1) is 0 Å². The van der Waals surface area contributed by atoms with Crippen LogP contribution in [0.4, 0.5) is 0 Å². The van der Waals surface area contributed by atoms with Gasteiger partial charge in [0.2, 0.25) is 0 Å². The first-order valence-electron chi connectivity index (χ1n) is 25.3. The van der Waals surface area contributed by atoms with Gasteiger partial charge in [-0.2, -0.15) is 0 Å². The summed E-state index contributed by atoms with van der Waals surface area (Å²) in [7, 11) is 0. The van der Waals surface area contributed by atoms with Gasteiger partial charge in [-0.25, -0.2) is 0 Å². The van der Waals surface area contributed by atoms with Crippen molar-refractivity contribution >= 4 is 0 Å². The van der Waals surface area contributed by atoms with E-state index < -0.39 is 0 Å². The third-order valence-corrected chi connectivity index (χ3v) is 15.7. The minimum Gasteiger partial charge on any atom is -0.457 e. The van der Waals surface area contributed by atoms with Crippen LogP contribution in [0.2, 0.25) is 0 Å². The average molecular weight is 911 g/mol. The van der Waals surface area contributed by atoms with Crippen LogP contribution in [0, 0.1) is 0 Å². The molecule has 0 spiro atoms. The normalized spacial score (nSPS) is 17.5. The van der Waals surface area contributed by atoms with Gasteiger partial charge < -0.3 is 18.9 Å². The minimum absolute atomic E-state index is 0.164. The molecule has 0 saturated heterocycles. The van der Waals surface area contributed by atoms with Gasteiger partial charge >= 0.3 is 0 Å². The maximum atomic E-state index is 7.05. The molecule has 9 aromatic rings. The highest BCUT2D eigenvalue weighted by atomic mass is 16.5. The van der Waals surface area contributed by atoms with Crippen molar-refractivity contribution in [3.8, 4) is 46.0 Å². The number of rotatable bonds is 8. The average Bonchev–Trinajstić information content (AvgIpc) is 3.41. The zero-order valence-corrected chi connectivity index (χ0v) is 40.1. The Morgan fingerprint density at radius 2 is 0.471 bits per heavy atom. The summed E-state index contributed by atoms with van der Waals surface area (Å²) in [6.45, 7) is 9.11. The van der Waals surface area contributed by atoms with E-state index in [1.807, 2.05) is 0 Å². The summed E-state index contributed by atoms with van der Waals surface area (Å²) in [5.74, 6) is 6.41. The molecule has 13 rings (SSSR count). The molecule has 0 bridgehead atoms. The first-order chi connectivity index (χ1) is 34.6. The molecule has 0 N–H and O–H groups in total. The van der Waals surface area contributed by atoms with Gasteiger partial charge in [0, 0.05) is 68.2 Å². The van der Waals surface area contributed by atoms with E-state index in [0.29, 0.717) is 0 Å². The van der Waals surface area contributed by atoms with Gasteiger partial charge in [0.25, 0.3) is 0 Å². The lowest BCUT2D eigenvalue weighted by Gasteiger charge is -2.41. The molecule has 4 aliphatic rings. The highest BCUT2D eigenvalue weighted by Crippen LogP contribution is 2.61. The van der Waals surface area contributed by atoms with Crippen LogP contribution in [-0.4, -0.2) is 0 Å². The van der Waals surface area contributed by atoms with Crippen molar-refractivity contribution in [3.63, 3.8) is 0 Å². The summed E-state index contributed by atoms with van der Waals surface area (Å²) in [6, 6.07) is 66.6.